The first-order valence-corrected chi connectivity index (χ1v) is 4.60. The molecule has 1 rings (SSSR count). The van der Waals surface area contributed by atoms with E-state index in [9.17, 15) is 22.4 Å². The fraction of sp³-hybridized carbons (Fsp3) is 0.100. The number of halogens is 4. The Morgan fingerprint density at radius 2 is 1.78 bits per heavy atom. The Bertz CT molecular complexity index is 467. The molecule has 0 aliphatic rings. The Balaban J connectivity index is 3.15. The van der Waals surface area contributed by atoms with E-state index >= 15 is 0 Å². The Morgan fingerprint density at radius 3 is 2.17 bits per heavy atom. The van der Waals surface area contributed by atoms with Crippen molar-refractivity contribution in [3.8, 4) is 0 Å². The van der Waals surface area contributed by atoms with Crippen LogP contribution in [0, 0.1) is 11.6 Å². The van der Waals surface area contributed by atoms with E-state index in [-0.39, 0.29) is 22.6 Å². The maximum absolute atomic E-state index is 13.2. The molecular formula is C10H9F4N3O. The molecule has 0 unspecified atom stereocenters. The summed E-state index contributed by atoms with van der Waals surface area (Å²) in [6.45, 7) is -3.01. The van der Waals surface area contributed by atoms with E-state index in [1.807, 2.05) is 0 Å². The minimum atomic E-state index is -3.01. The topological polar surface area (TPSA) is 72.3 Å². The number of nitrogens with zero attached hydrogens (tertiary/aromatic N) is 1. The standard InChI is InChI=1S/C10H9F4N3O/c11-7-1-5(2-8(12)6(7)4-18)9(15)3-17(16)10(13)14/h1-4,10H,15-16H2/b9-3-. The molecule has 0 saturated heterocycles. The van der Waals surface area contributed by atoms with E-state index < -0.39 is 23.7 Å². The van der Waals surface area contributed by atoms with Crippen LogP contribution in [0.5, 0.6) is 0 Å². The largest absolute Gasteiger partial charge is 0.397 e. The molecule has 0 saturated carbocycles. The van der Waals surface area contributed by atoms with Crippen molar-refractivity contribution in [2.45, 2.75) is 6.55 Å². The van der Waals surface area contributed by atoms with Gasteiger partial charge in [-0.1, -0.05) is 0 Å². The minimum Gasteiger partial charge on any atom is -0.397 e. The number of aldehydes is 1. The number of rotatable bonds is 4. The number of nitrogens with two attached hydrogens (primary N) is 2. The third kappa shape index (κ3) is 2.98. The smallest absolute Gasteiger partial charge is 0.327 e. The van der Waals surface area contributed by atoms with Crippen molar-refractivity contribution < 1.29 is 22.4 Å². The lowest BCUT2D eigenvalue weighted by Crippen LogP contribution is -2.31. The van der Waals surface area contributed by atoms with E-state index in [4.69, 9.17) is 11.6 Å². The molecule has 98 valence electrons. The first kappa shape index (κ1) is 14.0. The monoisotopic (exact) mass is 263 g/mol. The normalized spacial score (nSPS) is 11.8. The first-order chi connectivity index (χ1) is 8.36. The van der Waals surface area contributed by atoms with Gasteiger partial charge in [-0.2, -0.15) is 8.78 Å². The van der Waals surface area contributed by atoms with Gasteiger partial charge in [0.05, 0.1) is 11.3 Å². The molecule has 0 fully saturated rings. The first-order valence-electron chi connectivity index (χ1n) is 4.60. The zero-order chi connectivity index (χ0) is 13.9. The van der Waals surface area contributed by atoms with Crippen molar-refractivity contribution >= 4 is 12.0 Å². The van der Waals surface area contributed by atoms with E-state index in [1.165, 1.54) is 0 Å². The predicted molar refractivity (Wildman–Crippen MR) is 55.9 cm³/mol. The van der Waals surface area contributed by atoms with Gasteiger partial charge in [0.15, 0.2) is 6.29 Å². The third-order valence-electron chi connectivity index (χ3n) is 2.04. The molecule has 0 aliphatic carbocycles. The second-order valence-corrected chi connectivity index (χ2v) is 3.28. The van der Waals surface area contributed by atoms with Gasteiger partial charge in [0.2, 0.25) is 0 Å². The summed E-state index contributed by atoms with van der Waals surface area (Å²) in [6, 6.07) is 1.50. The fourth-order valence-electron chi connectivity index (χ4n) is 1.16. The van der Waals surface area contributed by atoms with Crippen molar-refractivity contribution in [3.05, 3.63) is 41.1 Å². The summed E-state index contributed by atoms with van der Waals surface area (Å²) in [5.74, 6) is 2.59. The molecule has 0 atom stereocenters. The Labute approximate surface area is 99.4 Å². The van der Waals surface area contributed by atoms with Gasteiger partial charge in [-0.3, -0.25) is 9.80 Å². The summed E-state index contributed by atoms with van der Waals surface area (Å²) in [5, 5.41) is -0.0151. The quantitative estimate of drug-likeness (QED) is 0.283. The molecule has 8 heteroatoms. The predicted octanol–water partition coefficient (Wildman–Crippen LogP) is 1.43. The van der Waals surface area contributed by atoms with Gasteiger partial charge in [-0.05, 0) is 12.1 Å². The zero-order valence-electron chi connectivity index (χ0n) is 8.91. The van der Waals surface area contributed by atoms with E-state index in [1.54, 1.807) is 0 Å². The molecule has 0 aromatic heterocycles. The molecule has 18 heavy (non-hydrogen) atoms. The van der Waals surface area contributed by atoms with E-state index in [2.05, 4.69) is 0 Å². The van der Waals surface area contributed by atoms with E-state index in [0.29, 0.717) is 6.20 Å². The van der Waals surface area contributed by atoms with Crippen LogP contribution in [0.4, 0.5) is 17.6 Å². The van der Waals surface area contributed by atoms with Crippen LogP contribution in [0.15, 0.2) is 18.3 Å². The maximum Gasteiger partial charge on any atom is 0.327 e. The van der Waals surface area contributed by atoms with Crippen LogP contribution in [0.1, 0.15) is 15.9 Å². The summed E-state index contributed by atoms with van der Waals surface area (Å²) in [4.78, 5) is 10.3. The van der Waals surface area contributed by atoms with Crippen LogP contribution in [0.25, 0.3) is 5.70 Å². The van der Waals surface area contributed by atoms with Crippen LogP contribution in [0.2, 0.25) is 0 Å². The second kappa shape index (κ2) is 5.50. The summed E-state index contributed by atoms with van der Waals surface area (Å²) >= 11 is 0. The fourth-order valence-corrected chi connectivity index (χ4v) is 1.16. The number of hydrazine groups is 1. The lowest BCUT2D eigenvalue weighted by molar-refractivity contribution is 0.00573. The van der Waals surface area contributed by atoms with Gasteiger partial charge >= 0.3 is 6.55 Å². The summed E-state index contributed by atoms with van der Waals surface area (Å²) in [5.41, 5.74) is 4.02. The summed E-state index contributed by atoms with van der Waals surface area (Å²) < 4.78 is 50.6. The average Bonchev–Trinajstić information content (AvgIpc) is 2.28. The van der Waals surface area contributed by atoms with Crippen molar-refractivity contribution in [2.75, 3.05) is 0 Å². The maximum atomic E-state index is 13.2. The lowest BCUT2D eigenvalue weighted by Gasteiger charge is -2.13. The molecule has 0 bridgehead atoms. The number of hydrogen-bond donors (Lipinski definition) is 2. The van der Waals surface area contributed by atoms with Crippen molar-refractivity contribution in [1.29, 1.82) is 0 Å². The molecule has 0 amide bonds. The van der Waals surface area contributed by atoms with Crippen molar-refractivity contribution in [2.24, 2.45) is 11.6 Å². The molecular weight excluding hydrogens is 254 g/mol. The highest BCUT2D eigenvalue weighted by molar-refractivity contribution is 5.77. The SMILES string of the molecule is N/C(=C\N(N)C(F)F)c1cc(F)c(C=O)c(F)c1. The van der Waals surface area contributed by atoms with Crippen LogP contribution >= 0.6 is 0 Å². The highest BCUT2D eigenvalue weighted by atomic mass is 19.3. The molecule has 0 heterocycles. The Kier molecular flexibility index (Phi) is 4.27. The number of benzene rings is 1. The van der Waals surface area contributed by atoms with Gasteiger partial charge in [0, 0.05) is 11.8 Å². The van der Waals surface area contributed by atoms with Crippen LogP contribution in [-0.4, -0.2) is 17.8 Å². The molecule has 0 aliphatic heterocycles. The van der Waals surface area contributed by atoms with Crippen molar-refractivity contribution in [1.82, 2.24) is 5.01 Å². The van der Waals surface area contributed by atoms with Crippen LogP contribution < -0.4 is 11.6 Å². The molecule has 1 aromatic carbocycles. The number of alkyl halides is 2. The highest BCUT2D eigenvalue weighted by Gasteiger charge is 2.13. The Hall–Kier alpha value is -2.09. The third-order valence-corrected chi connectivity index (χ3v) is 2.04. The minimum absolute atomic E-state index is 0.00272. The van der Waals surface area contributed by atoms with Crippen LogP contribution in [-0.2, 0) is 0 Å². The second-order valence-electron chi connectivity index (χ2n) is 3.28. The lowest BCUT2D eigenvalue weighted by atomic mass is 10.1. The number of carbonyl (C=O) groups excluding carboxylic acids is 1. The molecule has 4 nitrogen and oxygen atoms in total. The molecule has 4 N–H and O–H groups in total. The van der Waals surface area contributed by atoms with Crippen LogP contribution in [0.3, 0.4) is 0 Å². The van der Waals surface area contributed by atoms with E-state index in [0.717, 1.165) is 12.1 Å². The number of hydrogen-bond acceptors (Lipinski definition) is 4. The Morgan fingerprint density at radius 1 is 1.28 bits per heavy atom. The van der Waals surface area contributed by atoms with Crippen molar-refractivity contribution in [3.63, 3.8) is 0 Å². The summed E-state index contributed by atoms with van der Waals surface area (Å²) in [7, 11) is 0. The number of carbonyl (C=O) groups is 1. The van der Waals surface area contributed by atoms with Gasteiger partial charge in [-0.25, -0.2) is 14.6 Å². The average molecular weight is 263 g/mol. The van der Waals surface area contributed by atoms with Gasteiger partial charge < -0.3 is 5.73 Å². The molecule has 0 radical (unpaired) electrons. The highest BCUT2D eigenvalue weighted by Crippen LogP contribution is 2.18. The summed E-state index contributed by atoms with van der Waals surface area (Å²) in [6.07, 6.45) is 0.627. The van der Waals surface area contributed by atoms with Gasteiger partial charge in [0.1, 0.15) is 11.6 Å². The van der Waals surface area contributed by atoms with Gasteiger partial charge in [-0.15, -0.1) is 0 Å². The van der Waals surface area contributed by atoms with Gasteiger partial charge in [0.25, 0.3) is 0 Å². The zero-order valence-corrected chi connectivity index (χ0v) is 8.91. The molecule has 0 spiro atoms. The molecule has 1 aromatic rings.